The monoisotopic (exact) mass is 191 g/mol. The molecule has 1 heterocycles. The minimum atomic E-state index is -0.484. The summed E-state index contributed by atoms with van der Waals surface area (Å²) in [7, 11) is 0. The second-order valence-corrected chi connectivity index (χ2v) is 2.44. The first-order chi connectivity index (χ1) is 6.74. The van der Waals surface area contributed by atoms with Crippen molar-refractivity contribution in [1.82, 2.24) is 4.98 Å². The lowest BCUT2D eigenvalue weighted by atomic mass is 10.4. The van der Waals surface area contributed by atoms with Gasteiger partial charge < -0.3 is 5.32 Å². The van der Waals surface area contributed by atoms with Gasteiger partial charge in [-0.3, -0.25) is 10.1 Å². The molecule has 1 aromatic heterocycles. The number of hydrogen-bond acceptors (Lipinski definition) is 4. The number of hydrogen-bond donors (Lipinski definition) is 1. The van der Waals surface area contributed by atoms with Gasteiger partial charge in [0.05, 0.1) is 11.5 Å². The van der Waals surface area contributed by atoms with Crippen molar-refractivity contribution in [3.05, 3.63) is 28.4 Å². The van der Waals surface area contributed by atoms with Crippen LogP contribution in [0.1, 0.15) is 6.92 Å². The van der Waals surface area contributed by atoms with E-state index in [1.54, 1.807) is 13.0 Å². The molecule has 0 atom stereocenters. The maximum Gasteiger partial charge on any atom is 0.287 e. The van der Waals surface area contributed by atoms with Crippen LogP contribution in [0.15, 0.2) is 18.3 Å². The quantitative estimate of drug-likeness (QED) is 0.445. The molecule has 0 saturated carbocycles. The number of nitrogens with one attached hydrogen (secondary N) is 1. The Balaban J connectivity index is 2.62. The van der Waals surface area contributed by atoms with Crippen molar-refractivity contribution in [2.75, 3.05) is 11.9 Å². The third-order valence-electron chi connectivity index (χ3n) is 1.49. The van der Waals surface area contributed by atoms with E-state index in [0.717, 1.165) is 0 Å². The summed E-state index contributed by atoms with van der Waals surface area (Å²) in [6.45, 7) is 2.23. The van der Waals surface area contributed by atoms with Gasteiger partial charge in [-0.2, -0.15) is 0 Å². The standard InChI is InChI=1S/C9H9N3O2/c1-2-3-6-10-9-5-4-8(7-11-9)12(13)14/h4-5,7H,6H2,1H3,(H,10,11). The fourth-order valence-electron chi connectivity index (χ4n) is 0.822. The molecule has 1 rings (SSSR count). The fourth-order valence-corrected chi connectivity index (χ4v) is 0.822. The topological polar surface area (TPSA) is 68.1 Å². The van der Waals surface area contributed by atoms with E-state index < -0.39 is 4.92 Å². The van der Waals surface area contributed by atoms with Crippen LogP contribution in [0.5, 0.6) is 0 Å². The van der Waals surface area contributed by atoms with E-state index in [1.165, 1.54) is 12.3 Å². The maximum absolute atomic E-state index is 10.3. The van der Waals surface area contributed by atoms with Crippen molar-refractivity contribution in [3.8, 4) is 11.8 Å². The first-order valence-corrected chi connectivity index (χ1v) is 3.98. The van der Waals surface area contributed by atoms with E-state index in [2.05, 4.69) is 22.1 Å². The second-order valence-electron chi connectivity index (χ2n) is 2.44. The highest BCUT2D eigenvalue weighted by Gasteiger charge is 2.03. The van der Waals surface area contributed by atoms with Crippen molar-refractivity contribution in [1.29, 1.82) is 0 Å². The molecular weight excluding hydrogens is 182 g/mol. The highest BCUT2D eigenvalue weighted by atomic mass is 16.6. The zero-order valence-electron chi connectivity index (χ0n) is 7.65. The lowest BCUT2D eigenvalue weighted by Crippen LogP contribution is -2.00. The Morgan fingerprint density at radius 2 is 2.43 bits per heavy atom. The molecule has 0 unspecified atom stereocenters. The molecule has 0 amide bonds. The predicted octanol–water partition coefficient (Wildman–Crippen LogP) is 1.42. The molecule has 0 aromatic carbocycles. The first-order valence-electron chi connectivity index (χ1n) is 3.98. The van der Waals surface area contributed by atoms with Gasteiger partial charge in [-0.1, -0.05) is 5.92 Å². The molecule has 0 fully saturated rings. The minimum Gasteiger partial charge on any atom is -0.359 e. The number of nitro groups is 1. The zero-order valence-corrected chi connectivity index (χ0v) is 7.65. The van der Waals surface area contributed by atoms with E-state index in [1.807, 2.05) is 0 Å². The summed E-state index contributed by atoms with van der Waals surface area (Å²) in [5.74, 6) is 6.10. The van der Waals surface area contributed by atoms with Crippen LogP contribution in [-0.2, 0) is 0 Å². The average molecular weight is 191 g/mol. The normalized spacial score (nSPS) is 8.64. The number of anilines is 1. The fraction of sp³-hybridized carbons (Fsp3) is 0.222. The Hall–Kier alpha value is -2.09. The molecule has 0 aliphatic heterocycles. The zero-order chi connectivity index (χ0) is 10.4. The molecule has 0 saturated heterocycles. The summed E-state index contributed by atoms with van der Waals surface area (Å²) < 4.78 is 0. The lowest BCUT2D eigenvalue weighted by Gasteiger charge is -1.99. The van der Waals surface area contributed by atoms with Gasteiger partial charge in [0.1, 0.15) is 12.0 Å². The second kappa shape index (κ2) is 4.82. The highest BCUT2D eigenvalue weighted by Crippen LogP contribution is 2.10. The van der Waals surface area contributed by atoms with Gasteiger partial charge in [0.25, 0.3) is 5.69 Å². The van der Waals surface area contributed by atoms with Crippen LogP contribution in [0.4, 0.5) is 11.5 Å². The number of nitrogens with zero attached hydrogens (tertiary/aromatic N) is 2. The van der Waals surface area contributed by atoms with Crippen LogP contribution in [0, 0.1) is 22.0 Å². The van der Waals surface area contributed by atoms with Crippen molar-refractivity contribution in [2.24, 2.45) is 0 Å². The molecule has 0 bridgehead atoms. The summed E-state index contributed by atoms with van der Waals surface area (Å²) in [4.78, 5) is 13.7. The number of rotatable bonds is 3. The third kappa shape index (κ3) is 2.75. The van der Waals surface area contributed by atoms with Crippen LogP contribution in [0.2, 0.25) is 0 Å². The number of aromatic nitrogens is 1. The Kier molecular flexibility index (Phi) is 3.44. The van der Waals surface area contributed by atoms with E-state index in [-0.39, 0.29) is 5.69 Å². The van der Waals surface area contributed by atoms with Crippen LogP contribution in [-0.4, -0.2) is 16.5 Å². The highest BCUT2D eigenvalue weighted by molar-refractivity contribution is 5.40. The Labute approximate surface area is 81.3 Å². The average Bonchev–Trinajstić information content (AvgIpc) is 2.19. The number of pyridine rings is 1. The predicted molar refractivity (Wildman–Crippen MR) is 52.8 cm³/mol. The van der Waals surface area contributed by atoms with E-state index in [9.17, 15) is 10.1 Å². The van der Waals surface area contributed by atoms with Crippen molar-refractivity contribution in [2.45, 2.75) is 6.92 Å². The molecule has 1 N–H and O–H groups in total. The summed E-state index contributed by atoms with van der Waals surface area (Å²) in [6.07, 6.45) is 1.21. The van der Waals surface area contributed by atoms with Gasteiger partial charge in [0.15, 0.2) is 0 Å². The van der Waals surface area contributed by atoms with Gasteiger partial charge in [-0.15, -0.1) is 5.92 Å². The molecule has 0 radical (unpaired) electrons. The van der Waals surface area contributed by atoms with Crippen LogP contribution >= 0.6 is 0 Å². The summed E-state index contributed by atoms with van der Waals surface area (Å²) in [6, 6.07) is 2.95. The van der Waals surface area contributed by atoms with Crippen LogP contribution in [0.3, 0.4) is 0 Å². The summed E-state index contributed by atoms with van der Waals surface area (Å²) >= 11 is 0. The van der Waals surface area contributed by atoms with Crippen molar-refractivity contribution in [3.63, 3.8) is 0 Å². The SMILES string of the molecule is CC#CCNc1ccc([N+](=O)[O-])cn1. The lowest BCUT2D eigenvalue weighted by molar-refractivity contribution is -0.385. The minimum absolute atomic E-state index is 0.0166. The Bertz CT molecular complexity index is 375. The third-order valence-corrected chi connectivity index (χ3v) is 1.49. The van der Waals surface area contributed by atoms with Crippen LogP contribution in [0.25, 0.3) is 0 Å². The summed E-state index contributed by atoms with van der Waals surface area (Å²) in [5, 5.41) is 13.2. The molecule has 0 aliphatic carbocycles. The molecular formula is C9H9N3O2. The van der Waals surface area contributed by atoms with E-state index in [0.29, 0.717) is 12.4 Å². The van der Waals surface area contributed by atoms with E-state index in [4.69, 9.17) is 0 Å². The summed E-state index contributed by atoms with van der Waals surface area (Å²) in [5.41, 5.74) is -0.0166. The van der Waals surface area contributed by atoms with Crippen molar-refractivity contribution >= 4 is 11.5 Å². The van der Waals surface area contributed by atoms with Gasteiger partial charge >= 0.3 is 0 Å². The molecule has 5 heteroatoms. The maximum atomic E-state index is 10.3. The first kappa shape index (κ1) is 9.99. The molecule has 5 nitrogen and oxygen atoms in total. The van der Waals surface area contributed by atoms with Gasteiger partial charge in [-0.05, 0) is 13.0 Å². The van der Waals surface area contributed by atoms with Crippen molar-refractivity contribution < 1.29 is 4.92 Å². The molecule has 14 heavy (non-hydrogen) atoms. The largest absolute Gasteiger partial charge is 0.359 e. The Morgan fingerprint density at radius 3 is 2.93 bits per heavy atom. The molecule has 0 aliphatic rings. The van der Waals surface area contributed by atoms with Gasteiger partial charge in [-0.25, -0.2) is 4.98 Å². The van der Waals surface area contributed by atoms with Gasteiger partial charge in [0.2, 0.25) is 0 Å². The molecule has 72 valence electrons. The Morgan fingerprint density at radius 1 is 1.64 bits per heavy atom. The smallest absolute Gasteiger partial charge is 0.287 e. The molecule has 1 aromatic rings. The molecule has 0 spiro atoms. The van der Waals surface area contributed by atoms with Gasteiger partial charge in [0, 0.05) is 6.07 Å². The van der Waals surface area contributed by atoms with E-state index >= 15 is 0 Å². The van der Waals surface area contributed by atoms with Crippen LogP contribution < -0.4 is 5.32 Å².